The molecule has 0 fully saturated rings. The van der Waals surface area contributed by atoms with Crippen molar-refractivity contribution in [2.24, 2.45) is 5.92 Å². The van der Waals surface area contributed by atoms with E-state index in [0.29, 0.717) is 17.9 Å². The molecule has 0 aromatic heterocycles. The highest BCUT2D eigenvalue weighted by Crippen LogP contribution is 2.50. The third-order valence-corrected chi connectivity index (χ3v) is 5.96. The summed E-state index contributed by atoms with van der Waals surface area (Å²) in [4.78, 5) is 0. The van der Waals surface area contributed by atoms with Gasteiger partial charge in [0, 0.05) is 19.6 Å². The van der Waals surface area contributed by atoms with Crippen molar-refractivity contribution in [1.82, 2.24) is 0 Å². The molecule has 0 bridgehead atoms. The lowest BCUT2D eigenvalue weighted by molar-refractivity contribution is 0.424. The van der Waals surface area contributed by atoms with Gasteiger partial charge in [0.15, 0.2) is 0 Å². The molecule has 1 aliphatic heterocycles. The summed E-state index contributed by atoms with van der Waals surface area (Å²) in [7, 11) is 0. The minimum Gasteiger partial charge on any atom is -0.378 e. The van der Waals surface area contributed by atoms with E-state index >= 15 is 0 Å². The first-order valence-electron chi connectivity index (χ1n) is 7.21. The number of halogens is 2. The maximum Gasteiger partial charge on any atom is 0.0565 e. The number of nitrogens with one attached hydrogen (secondary N) is 1. The Bertz CT molecular complexity index is 725. The van der Waals surface area contributed by atoms with Gasteiger partial charge in [-0.05, 0) is 70.3 Å². The minimum absolute atomic E-state index is 0.369. The zero-order valence-corrected chi connectivity index (χ0v) is 15.1. The summed E-state index contributed by atoms with van der Waals surface area (Å²) in [5, 5.41) is 3.78. The molecule has 21 heavy (non-hydrogen) atoms. The average molecular weight is 452 g/mol. The number of hydrogen-bond donors (Lipinski definition) is 1. The third kappa shape index (κ3) is 2.34. The molecular weight excluding hydrogens is 437 g/mol. The SMILES string of the molecule is Brc1ccccc1[C@@H]1Nc2ccc(I)cc2C2C=CCC21. The van der Waals surface area contributed by atoms with Crippen LogP contribution in [-0.4, -0.2) is 0 Å². The van der Waals surface area contributed by atoms with E-state index in [1.807, 2.05) is 0 Å². The molecule has 4 rings (SSSR count). The fraction of sp³-hybridized carbons (Fsp3) is 0.222. The summed E-state index contributed by atoms with van der Waals surface area (Å²) in [6.07, 6.45) is 5.88. The molecular formula is C18H15BrIN. The van der Waals surface area contributed by atoms with Crippen LogP contribution in [0.4, 0.5) is 5.69 Å². The molecule has 2 aromatic carbocycles. The van der Waals surface area contributed by atoms with Crippen LogP contribution in [0.5, 0.6) is 0 Å². The summed E-state index contributed by atoms with van der Waals surface area (Å²) >= 11 is 6.12. The Morgan fingerprint density at radius 2 is 1.95 bits per heavy atom. The fourth-order valence-electron chi connectivity index (χ4n) is 3.60. The van der Waals surface area contributed by atoms with Gasteiger partial charge in [-0.3, -0.25) is 0 Å². The lowest BCUT2D eigenvalue weighted by Crippen LogP contribution is -2.29. The first-order valence-corrected chi connectivity index (χ1v) is 9.08. The van der Waals surface area contributed by atoms with Crippen LogP contribution < -0.4 is 5.32 Å². The molecule has 1 N–H and O–H groups in total. The number of rotatable bonds is 1. The van der Waals surface area contributed by atoms with Gasteiger partial charge < -0.3 is 5.32 Å². The second kappa shape index (κ2) is 5.43. The van der Waals surface area contributed by atoms with Crippen molar-refractivity contribution in [2.75, 3.05) is 5.32 Å². The van der Waals surface area contributed by atoms with Crippen molar-refractivity contribution < 1.29 is 0 Å². The third-order valence-electron chi connectivity index (χ3n) is 4.57. The van der Waals surface area contributed by atoms with Gasteiger partial charge in [0.25, 0.3) is 0 Å². The molecule has 2 aliphatic rings. The molecule has 1 heterocycles. The van der Waals surface area contributed by atoms with Crippen LogP contribution in [0.2, 0.25) is 0 Å². The largest absolute Gasteiger partial charge is 0.378 e. The van der Waals surface area contributed by atoms with Crippen molar-refractivity contribution in [3.8, 4) is 0 Å². The summed E-state index contributed by atoms with van der Waals surface area (Å²) in [5.41, 5.74) is 4.09. The van der Waals surface area contributed by atoms with Gasteiger partial charge in [-0.1, -0.05) is 46.3 Å². The molecule has 0 radical (unpaired) electrons. The molecule has 106 valence electrons. The summed E-state index contributed by atoms with van der Waals surface area (Å²) in [6.45, 7) is 0. The number of fused-ring (bicyclic) bond motifs is 3. The maximum absolute atomic E-state index is 3.78. The highest BCUT2D eigenvalue weighted by atomic mass is 127. The Morgan fingerprint density at radius 1 is 1.10 bits per heavy atom. The topological polar surface area (TPSA) is 12.0 Å². The summed E-state index contributed by atoms with van der Waals surface area (Å²) < 4.78 is 2.51. The van der Waals surface area contributed by atoms with Crippen LogP contribution in [-0.2, 0) is 0 Å². The van der Waals surface area contributed by atoms with Gasteiger partial charge in [-0.2, -0.15) is 0 Å². The highest BCUT2D eigenvalue weighted by molar-refractivity contribution is 14.1. The Morgan fingerprint density at radius 3 is 2.81 bits per heavy atom. The van der Waals surface area contributed by atoms with Crippen LogP contribution in [0.15, 0.2) is 59.1 Å². The molecule has 0 saturated carbocycles. The quantitative estimate of drug-likeness (QED) is 0.421. The second-order valence-electron chi connectivity index (χ2n) is 5.73. The summed E-state index contributed by atoms with van der Waals surface area (Å²) in [6, 6.07) is 15.7. The molecule has 3 atom stereocenters. The Balaban J connectivity index is 1.82. The number of allylic oxidation sites excluding steroid dienone is 2. The van der Waals surface area contributed by atoms with Crippen molar-refractivity contribution in [3.05, 3.63) is 73.8 Å². The Hall–Kier alpha value is -0.810. The van der Waals surface area contributed by atoms with E-state index in [0.717, 1.165) is 6.42 Å². The lowest BCUT2D eigenvalue weighted by Gasteiger charge is -2.38. The van der Waals surface area contributed by atoms with E-state index in [2.05, 4.69) is 98.5 Å². The monoisotopic (exact) mass is 451 g/mol. The first-order chi connectivity index (χ1) is 10.2. The van der Waals surface area contributed by atoms with Crippen molar-refractivity contribution in [2.45, 2.75) is 18.4 Å². The van der Waals surface area contributed by atoms with Gasteiger partial charge >= 0.3 is 0 Å². The van der Waals surface area contributed by atoms with Crippen molar-refractivity contribution in [3.63, 3.8) is 0 Å². The lowest BCUT2D eigenvalue weighted by atomic mass is 9.77. The molecule has 0 amide bonds. The van der Waals surface area contributed by atoms with E-state index in [-0.39, 0.29) is 0 Å². The molecule has 3 heteroatoms. The van der Waals surface area contributed by atoms with E-state index < -0.39 is 0 Å². The highest BCUT2D eigenvalue weighted by Gasteiger charge is 2.38. The Labute approximate surface area is 147 Å². The molecule has 1 nitrogen and oxygen atoms in total. The normalized spacial score (nSPS) is 26.1. The van der Waals surface area contributed by atoms with Gasteiger partial charge in [-0.25, -0.2) is 0 Å². The van der Waals surface area contributed by atoms with Crippen LogP contribution in [0.3, 0.4) is 0 Å². The average Bonchev–Trinajstić information content (AvgIpc) is 2.97. The first kappa shape index (κ1) is 13.8. The van der Waals surface area contributed by atoms with Crippen molar-refractivity contribution >= 4 is 44.2 Å². The molecule has 1 aliphatic carbocycles. The van der Waals surface area contributed by atoms with E-state index in [1.165, 1.54) is 24.9 Å². The predicted octanol–water partition coefficient (Wildman–Crippen LogP) is 5.88. The fourth-order valence-corrected chi connectivity index (χ4v) is 4.65. The molecule has 2 unspecified atom stereocenters. The van der Waals surface area contributed by atoms with Crippen LogP contribution in [0, 0.1) is 9.49 Å². The summed E-state index contributed by atoms with van der Waals surface area (Å²) in [5.74, 6) is 1.14. The maximum atomic E-state index is 3.78. The van der Waals surface area contributed by atoms with E-state index in [1.54, 1.807) is 0 Å². The molecule has 0 spiro atoms. The van der Waals surface area contributed by atoms with Crippen LogP contribution >= 0.6 is 38.5 Å². The van der Waals surface area contributed by atoms with Crippen LogP contribution in [0.1, 0.15) is 29.5 Å². The zero-order valence-electron chi connectivity index (χ0n) is 11.4. The van der Waals surface area contributed by atoms with E-state index in [4.69, 9.17) is 0 Å². The van der Waals surface area contributed by atoms with Crippen molar-refractivity contribution in [1.29, 1.82) is 0 Å². The zero-order chi connectivity index (χ0) is 14.4. The minimum atomic E-state index is 0.369. The van der Waals surface area contributed by atoms with Gasteiger partial charge in [-0.15, -0.1) is 0 Å². The van der Waals surface area contributed by atoms with Gasteiger partial charge in [0.2, 0.25) is 0 Å². The standard InChI is InChI=1S/C18H15BrIN/c19-16-7-2-1-4-14(16)18-13-6-3-5-12(13)15-10-11(20)8-9-17(15)21-18/h1-5,7-10,12-13,18,21H,6H2/t12?,13?,18-/m1/s1. The van der Waals surface area contributed by atoms with Crippen LogP contribution in [0.25, 0.3) is 0 Å². The predicted molar refractivity (Wildman–Crippen MR) is 99.7 cm³/mol. The smallest absolute Gasteiger partial charge is 0.0565 e. The number of benzene rings is 2. The molecule has 0 saturated heterocycles. The second-order valence-corrected chi connectivity index (χ2v) is 7.83. The van der Waals surface area contributed by atoms with Gasteiger partial charge in [0.1, 0.15) is 0 Å². The molecule has 2 aromatic rings. The number of anilines is 1. The number of hydrogen-bond acceptors (Lipinski definition) is 1. The Kier molecular flexibility index (Phi) is 3.58. The van der Waals surface area contributed by atoms with Gasteiger partial charge in [0.05, 0.1) is 6.04 Å². The van der Waals surface area contributed by atoms with E-state index in [9.17, 15) is 0 Å².